The molecule has 0 radical (unpaired) electrons. The summed E-state index contributed by atoms with van der Waals surface area (Å²) in [7, 11) is 0. The van der Waals surface area contributed by atoms with Crippen molar-refractivity contribution in [3.63, 3.8) is 0 Å². The molecular weight excluding hydrogens is 242 g/mol. The van der Waals surface area contributed by atoms with Gasteiger partial charge in [-0.05, 0) is 32.1 Å². The molecule has 3 aliphatic rings. The molecule has 3 fully saturated rings. The van der Waals surface area contributed by atoms with Crippen LogP contribution in [0.4, 0.5) is 4.79 Å². The van der Waals surface area contributed by atoms with Crippen molar-refractivity contribution < 1.29 is 14.5 Å². The second kappa shape index (κ2) is 5.49. The van der Waals surface area contributed by atoms with Gasteiger partial charge in [-0.1, -0.05) is 6.42 Å². The molecule has 0 aromatic heterocycles. The monoisotopic (exact) mass is 266 g/mol. The number of carbonyl (C=O) groups excluding carboxylic acids is 2. The van der Waals surface area contributed by atoms with Crippen molar-refractivity contribution in [1.29, 1.82) is 0 Å². The van der Waals surface area contributed by atoms with Gasteiger partial charge in [0.1, 0.15) is 0 Å². The van der Waals surface area contributed by atoms with E-state index in [0.717, 1.165) is 12.5 Å². The van der Waals surface area contributed by atoms with Gasteiger partial charge in [-0.25, -0.2) is 4.79 Å². The standard InChI is InChI=1S/C14H23N3O2/c18-13(17-9-7-15-14(17)19)10-16-8-3-5-11-4-1-2-6-12(11)16/h11-12H,1-10H2,(H,15,19)/p+1/t11-,12-/m1/s1. The minimum atomic E-state index is -0.207. The zero-order valence-corrected chi connectivity index (χ0v) is 11.5. The van der Waals surface area contributed by atoms with Crippen LogP contribution in [0.25, 0.3) is 0 Å². The third-order valence-electron chi connectivity index (χ3n) is 5.04. The lowest BCUT2D eigenvalue weighted by Crippen LogP contribution is -3.18. The van der Waals surface area contributed by atoms with Gasteiger partial charge in [-0.2, -0.15) is 0 Å². The second-order valence-corrected chi connectivity index (χ2v) is 6.16. The molecule has 19 heavy (non-hydrogen) atoms. The molecule has 3 atom stereocenters. The molecular formula is C14H24N3O2+. The highest BCUT2D eigenvalue weighted by atomic mass is 16.2. The third kappa shape index (κ3) is 2.61. The van der Waals surface area contributed by atoms with E-state index in [0.29, 0.717) is 25.7 Å². The Kier molecular flexibility index (Phi) is 3.73. The minimum absolute atomic E-state index is 0.0104. The molecule has 1 saturated carbocycles. The molecule has 0 aromatic rings. The number of imide groups is 1. The van der Waals surface area contributed by atoms with Crippen LogP contribution in [0.5, 0.6) is 0 Å². The molecule has 5 heteroatoms. The topological polar surface area (TPSA) is 53.9 Å². The van der Waals surface area contributed by atoms with Crippen molar-refractivity contribution in [1.82, 2.24) is 10.2 Å². The maximum absolute atomic E-state index is 12.2. The molecule has 3 amide bonds. The first-order valence-corrected chi connectivity index (χ1v) is 7.68. The van der Waals surface area contributed by atoms with E-state index in [1.807, 2.05) is 0 Å². The minimum Gasteiger partial charge on any atom is -0.336 e. The number of nitrogens with one attached hydrogen (secondary N) is 2. The second-order valence-electron chi connectivity index (χ2n) is 6.16. The lowest BCUT2D eigenvalue weighted by atomic mass is 9.78. The van der Waals surface area contributed by atoms with Crippen molar-refractivity contribution in [3.05, 3.63) is 0 Å². The molecule has 1 aliphatic carbocycles. The zero-order valence-electron chi connectivity index (χ0n) is 11.5. The third-order valence-corrected chi connectivity index (χ3v) is 5.04. The summed E-state index contributed by atoms with van der Waals surface area (Å²) in [6, 6.07) is 0.457. The lowest BCUT2D eigenvalue weighted by molar-refractivity contribution is -0.928. The Morgan fingerprint density at radius 2 is 2.05 bits per heavy atom. The molecule has 2 saturated heterocycles. The van der Waals surface area contributed by atoms with Crippen molar-refractivity contribution in [2.75, 3.05) is 26.2 Å². The number of urea groups is 1. The number of nitrogens with zero attached hydrogens (tertiary/aromatic N) is 1. The van der Waals surface area contributed by atoms with Crippen LogP contribution >= 0.6 is 0 Å². The summed E-state index contributed by atoms with van der Waals surface area (Å²) in [5, 5.41) is 2.70. The van der Waals surface area contributed by atoms with Crippen LogP contribution in [0, 0.1) is 5.92 Å². The summed E-state index contributed by atoms with van der Waals surface area (Å²) >= 11 is 0. The van der Waals surface area contributed by atoms with E-state index in [-0.39, 0.29) is 11.9 Å². The molecule has 0 bridgehead atoms. The molecule has 106 valence electrons. The number of carbonyl (C=O) groups is 2. The highest BCUT2D eigenvalue weighted by Gasteiger charge is 2.39. The number of amides is 3. The number of piperidine rings is 1. The summed E-state index contributed by atoms with van der Waals surface area (Å²) in [5.41, 5.74) is 0. The van der Waals surface area contributed by atoms with Gasteiger partial charge in [-0.15, -0.1) is 0 Å². The van der Waals surface area contributed by atoms with Crippen LogP contribution in [-0.4, -0.2) is 49.1 Å². The average molecular weight is 266 g/mol. The molecule has 2 N–H and O–H groups in total. The zero-order chi connectivity index (χ0) is 13.2. The van der Waals surface area contributed by atoms with E-state index < -0.39 is 0 Å². The molecule has 2 heterocycles. The van der Waals surface area contributed by atoms with E-state index in [1.165, 1.54) is 48.3 Å². The Bertz CT molecular complexity index is 370. The van der Waals surface area contributed by atoms with Crippen LogP contribution in [-0.2, 0) is 4.79 Å². The Hall–Kier alpha value is -1.10. The quantitative estimate of drug-likeness (QED) is 0.726. The molecule has 3 rings (SSSR count). The number of fused-ring (bicyclic) bond motifs is 1. The van der Waals surface area contributed by atoms with Crippen LogP contribution in [0.3, 0.4) is 0 Å². The first-order valence-electron chi connectivity index (χ1n) is 7.68. The fourth-order valence-electron chi connectivity index (χ4n) is 4.09. The molecule has 0 spiro atoms. The Morgan fingerprint density at radius 3 is 2.84 bits per heavy atom. The predicted octanol–water partition coefficient (Wildman–Crippen LogP) is -0.224. The predicted molar refractivity (Wildman–Crippen MR) is 70.8 cm³/mol. The van der Waals surface area contributed by atoms with E-state index >= 15 is 0 Å². The van der Waals surface area contributed by atoms with Crippen LogP contribution in [0.2, 0.25) is 0 Å². The average Bonchev–Trinajstić information content (AvgIpc) is 2.85. The highest BCUT2D eigenvalue weighted by Crippen LogP contribution is 2.28. The number of quaternary nitrogens is 1. The molecule has 0 aromatic carbocycles. The Labute approximate surface area is 114 Å². The smallest absolute Gasteiger partial charge is 0.324 e. The van der Waals surface area contributed by atoms with Crippen LogP contribution in [0.15, 0.2) is 0 Å². The van der Waals surface area contributed by atoms with Crippen molar-refractivity contribution in [2.24, 2.45) is 5.92 Å². The first-order chi connectivity index (χ1) is 9.25. The summed E-state index contributed by atoms with van der Waals surface area (Å²) in [4.78, 5) is 26.6. The number of hydrogen-bond donors (Lipinski definition) is 2. The van der Waals surface area contributed by atoms with Crippen LogP contribution in [0.1, 0.15) is 38.5 Å². The normalized spacial score (nSPS) is 34.8. The summed E-state index contributed by atoms with van der Waals surface area (Å²) in [6.45, 7) is 2.75. The number of hydrogen-bond acceptors (Lipinski definition) is 2. The lowest BCUT2D eigenvalue weighted by Gasteiger charge is -2.41. The van der Waals surface area contributed by atoms with Gasteiger partial charge in [0, 0.05) is 19.0 Å². The maximum atomic E-state index is 12.2. The first kappa shape index (κ1) is 12.9. The largest absolute Gasteiger partial charge is 0.336 e. The van der Waals surface area contributed by atoms with Gasteiger partial charge in [-0.3, -0.25) is 9.69 Å². The van der Waals surface area contributed by atoms with Crippen molar-refractivity contribution in [3.8, 4) is 0 Å². The van der Waals surface area contributed by atoms with E-state index in [1.54, 1.807) is 0 Å². The summed E-state index contributed by atoms with van der Waals surface area (Å²) in [5.74, 6) is 0.828. The van der Waals surface area contributed by atoms with E-state index in [2.05, 4.69) is 5.32 Å². The summed E-state index contributed by atoms with van der Waals surface area (Å²) < 4.78 is 0. The fraction of sp³-hybridized carbons (Fsp3) is 0.857. The van der Waals surface area contributed by atoms with Gasteiger partial charge < -0.3 is 10.2 Å². The van der Waals surface area contributed by atoms with Crippen LogP contribution < -0.4 is 10.2 Å². The maximum Gasteiger partial charge on any atom is 0.324 e. The Morgan fingerprint density at radius 1 is 1.26 bits per heavy atom. The van der Waals surface area contributed by atoms with Gasteiger partial charge in [0.15, 0.2) is 6.54 Å². The molecule has 2 aliphatic heterocycles. The molecule has 1 unspecified atom stereocenters. The Balaban J connectivity index is 1.61. The number of rotatable bonds is 2. The van der Waals surface area contributed by atoms with E-state index in [9.17, 15) is 9.59 Å². The van der Waals surface area contributed by atoms with Gasteiger partial charge in [0.2, 0.25) is 0 Å². The van der Waals surface area contributed by atoms with Gasteiger partial charge >= 0.3 is 6.03 Å². The van der Waals surface area contributed by atoms with Crippen molar-refractivity contribution in [2.45, 2.75) is 44.6 Å². The summed E-state index contributed by atoms with van der Waals surface area (Å²) in [6.07, 6.45) is 7.84. The SMILES string of the molecule is O=C(C[NH+]1CCC[C@H]2CCCC[C@H]21)N1CCNC1=O. The van der Waals surface area contributed by atoms with Crippen molar-refractivity contribution >= 4 is 11.9 Å². The van der Waals surface area contributed by atoms with Gasteiger partial charge in [0.05, 0.1) is 12.6 Å². The highest BCUT2D eigenvalue weighted by molar-refractivity contribution is 5.96. The van der Waals surface area contributed by atoms with E-state index in [4.69, 9.17) is 0 Å². The molecule has 5 nitrogen and oxygen atoms in total. The number of likely N-dealkylation sites (tertiary alicyclic amines) is 1. The van der Waals surface area contributed by atoms with Gasteiger partial charge in [0.25, 0.3) is 5.91 Å². The fourth-order valence-corrected chi connectivity index (χ4v) is 4.09.